The van der Waals surface area contributed by atoms with Crippen LogP contribution < -0.4 is 11.1 Å². The van der Waals surface area contributed by atoms with Crippen molar-refractivity contribution in [1.29, 1.82) is 0 Å². The summed E-state index contributed by atoms with van der Waals surface area (Å²) in [5.41, 5.74) is 5.49. The number of benzene rings is 2. The lowest BCUT2D eigenvalue weighted by molar-refractivity contribution is -0.120. The molecule has 0 atom stereocenters. The largest absolute Gasteiger partial charge is 0.399 e. The number of carbonyl (C=O) groups excluding carboxylic acids is 1. The van der Waals surface area contributed by atoms with E-state index in [0.29, 0.717) is 11.3 Å². The number of nitrogens with one attached hydrogen (secondary N) is 1. The summed E-state index contributed by atoms with van der Waals surface area (Å²) in [6.45, 7) is 3.35. The highest BCUT2D eigenvalue weighted by Gasteiger charge is 2.30. The smallest absolute Gasteiger partial charge is 0.234 e. The molecule has 21 heavy (non-hydrogen) atoms. The molecule has 3 N–H and O–H groups in total. The first kappa shape index (κ1) is 15.0. The van der Waals surface area contributed by atoms with E-state index in [4.69, 9.17) is 5.73 Å². The third-order valence-corrected chi connectivity index (χ3v) is 3.40. The Balaban J connectivity index is 2.28. The van der Waals surface area contributed by atoms with Gasteiger partial charge in [0.25, 0.3) is 0 Å². The van der Waals surface area contributed by atoms with Gasteiger partial charge in [0.15, 0.2) is 0 Å². The summed E-state index contributed by atoms with van der Waals surface area (Å²) in [7, 11) is 0. The number of carbonyl (C=O) groups is 1. The molecule has 0 unspecified atom stereocenters. The molecule has 0 aliphatic carbocycles. The second kappa shape index (κ2) is 5.52. The maximum Gasteiger partial charge on any atom is 0.234 e. The summed E-state index contributed by atoms with van der Waals surface area (Å²) >= 11 is 0. The number of rotatable bonds is 3. The quantitative estimate of drug-likeness (QED) is 0.850. The molecule has 0 radical (unpaired) electrons. The van der Waals surface area contributed by atoms with Crippen LogP contribution in [0.4, 0.5) is 20.2 Å². The van der Waals surface area contributed by atoms with E-state index in [9.17, 15) is 13.6 Å². The molecule has 0 aliphatic heterocycles. The van der Waals surface area contributed by atoms with Crippen molar-refractivity contribution in [3.05, 3.63) is 59.7 Å². The Labute approximate surface area is 121 Å². The first-order valence-electron chi connectivity index (χ1n) is 6.44. The van der Waals surface area contributed by atoms with E-state index in [0.717, 1.165) is 12.1 Å². The molecule has 0 saturated carbocycles. The Kier molecular flexibility index (Phi) is 3.93. The lowest BCUT2D eigenvalue weighted by atomic mass is 9.83. The topological polar surface area (TPSA) is 55.1 Å². The van der Waals surface area contributed by atoms with Crippen LogP contribution in [0.5, 0.6) is 0 Å². The monoisotopic (exact) mass is 290 g/mol. The van der Waals surface area contributed by atoms with E-state index in [2.05, 4.69) is 5.32 Å². The average molecular weight is 290 g/mol. The molecule has 0 fully saturated rings. The minimum Gasteiger partial charge on any atom is -0.399 e. The van der Waals surface area contributed by atoms with Gasteiger partial charge in [-0.2, -0.15) is 0 Å². The highest BCUT2D eigenvalue weighted by Crippen LogP contribution is 2.27. The molecule has 110 valence electrons. The summed E-state index contributed by atoms with van der Waals surface area (Å²) < 4.78 is 27.2. The highest BCUT2D eigenvalue weighted by atomic mass is 19.1. The maximum atomic E-state index is 13.6. The summed E-state index contributed by atoms with van der Waals surface area (Å²) in [6, 6.07) is 10.2. The van der Waals surface area contributed by atoms with E-state index in [-0.39, 0.29) is 0 Å². The molecule has 2 aromatic rings. The van der Waals surface area contributed by atoms with Crippen LogP contribution >= 0.6 is 0 Å². The van der Waals surface area contributed by atoms with Crippen molar-refractivity contribution in [2.24, 2.45) is 0 Å². The van der Waals surface area contributed by atoms with Crippen LogP contribution in [0.1, 0.15) is 19.4 Å². The standard InChI is InChI=1S/C16H16F2N2O/c1-16(2,10-6-8-11(19)9-7-10)15(21)20-14-12(17)4-3-5-13(14)18/h3-9H,19H2,1-2H3,(H,20,21). The fraction of sp³-hybridized carbons (Fsp3) is 0.188. The average Bonchev–Trinajstić information content (AvgIpc) is 2.43. The first-order valence-corrected chi connectivity index (χ1v) is 6.44. The maximum absolute atomic E-state index is 13.6. The lowest BCUT2D eigenvalue weighted by Crippen LogP contribution is -2.35. The molecule has 2 aromatic carbocycles. The molecule has 0 aliphatic rings. The van der Waals surface area contributed by atoms with Gasteiger partial charge >= 0.3 is 0 Å². The van der Waals surface area contributed by atoms with E-state index < -0.39 is 28.6 Å². The zero-order valence-corrected chi connectivity index (χ0v) is 11.8. The molecule has 0 bridgehead atoms. The molecule has 0 saturated heterocycles. The van der Waals surface area contributed by atoms with Gasteiger partial charge in [0, 0.05) is 5.69 Å². The van der Waals surface area contributed by atoms with Gasteiger partial charge in [-0.05, 0) is 43.7 Å². The van der Waals surface area contributed by atoms with Crippen LogP contribution in [-0.4, -0.2) is 5.91 Å². The second-order valence-corrected chi connectivity index (χ2v) is 5.30. The number of anilines is 2. The second-order valence-electron chi connectivity index (χ2n) is 5.30. The third kappa shape index (κ3) is 3.02. The Morgan fingerprint density at radius 3 is 2.10 bits per heavy atom. The molecular formula is C16H16F2N2O. The van der Waals surface area contributed by atoms with Crippen LogP contribution in [0.15, 0.2) is 42.5 Å². The van der Waals surface area contributed by atoms with Crippen LogP contribution in [0.3, 0.4) is 0 Å². The summed E-state index contributed by atoms with van der Waals surface area (Å²) in [6.07, 6.45) is 0. The molecule has 0 heterocycles. The Bertz CT molecular complexity index is 646. The van der Waals surface area contributed by atoms with Gasteiger partial charge in [-0.1, -0.05) is 18.2 Å². The number of hydrogen-bond acceptors (Lipinski definition) is 2. The fourth-order valence-corrected chi connectivity index (χ4v) is 1.92. The number of para-hydroxylation sites is 1. The highest BCUT2D eigenvalue weighted by molar-refractivity contribution is 5.98. The molecule has 2 rings (SSSR count). The summed E-state index contributed by atoms with van der Waals surface area (Å²) in [5.74, 6) is -2.12. The molecule has 0 spiro atoms. The third-order valence-electron chi connectivity index (χ3n) is 3.40. The van der Waals surface area contributed by atoms with Gasteiger partial charge in [-0.15, -0.1) is 0 Å². The Hall–Kier alpha value is -2.43. The normalized spacial score (nSPS) is 11.2. The predicted octanol–water partition coefficient (Wildman–Crippen LogP) is 3.46. The van der Waals surface area contributed by atoms with Crippen molar-refractivity contribution in [1.82, 2.24) is 0 Å². The van der Waals surface area contributed by atoms with Gasteiger partial charge < -0.3 is 11.1 Å². The molecular weight excluding hydrogens is 274 g/mol. The molecule has 0 aromatic heterocycles. The fourth-order valence-electron chi connectivity index (χ4n) is 1.92. The van der Waals surface area contributed by atoms with E-state index in [1.54, 1.807) is 38.1 Å². The zero-order valence-electron chi connectivity index (χ0n) is 11.8. The van der Waals surface area contributed by atoms with Crippen molar-refractivity contribution in [2.45, 2.75) is 19.3 Å². The first-order chi connectivity index (χ1) is 9.82. The SMILES string of the molecule is CC(C)(C(=O)Nc1c(F)cccc1F)c1ccc(N)cc1. The Morgan fingerprint density at radius 1 is 1.05 bits per heavy atom. The summed E-state index contributed by atoms with van der Waals surface area (Å²) in [5, 5.41) is 2.31. The van der Waals surface area contributed by atoms with Gasteiger partial charge in [0.2, 0.25) is 5.91 Å². The van der Waals surface area contributed by atoms with Gasteiger partial charge in [0.05, 0.1) is 5.41 Å². The Morgan fingerprint density at radius 2 is 1.57 bits per heavy atom. The van der Waals surface area contributed by atoms with Crippen molar-refractivity contribution in [2.75, 3.05) is 11.1 Å². The number of hydrogen-bond donors (Lipinski definition) is 2. The molecule has 3 nitrogen and oxygen atoms in total. The van der Waals surface area contributed by atoms with Crippen molar-refractivity contribution >= 4 is 17.3 Å². The van der Waals surface area contributed by atoms with Gasteiger partial charge in [0.1, 0.15) is 17.3 Å². The summed E-state index contributed by atoms with van der Waals surface area (Å²) in [4.78, 5) is 12.3. The van der Waals surface area contributed by atoms with Gasteiger partial charge in [-0.25, -0.2) is 8.78 Å². The van der Waals surface area contributed by atoms with Crippen molar-refractivity contribution < 1.29 is 13.6 Å². The van der Waals surface area contributed by atoms with Crippen molar-refractivity contribution in [3.8, 4) is 0 Å². The minimum absolute atomic E-state index is 0.439. The molecule has 1 amide bonds. The van der Waals surface area contributed by atoms with Gasteiger partial charge in [-0.3, -0.25) is 4.79 Å². The van der Waals surface area contributed by atoms with Crippen LogP contribution in [-0.2, 0) is 10.2 Å². The van der Waals surface area contributed by atoms with E-state index in [1.807, 2.05) is 0 Å². The zero-order chi connectivity index (χ0) is 15.6. The van der Waals surface area contributed by atoms with E-state index in [1.165, 1.54) is 6.07 Å². The minimum atomic E-state index is -0.956. The van der Waals surface area contributed by atoms with Crippen molar-refractivity contribution in [3.63, 3.8) is 0 Å². The number of nitrogens with two attached hydrogens (primary N) is 1. The van der Waals surface area contributed by atoms with Crippen LogP contribution in [0, 0.1) is 11.6 Å². The molecule has 5 heteroatoms. The number of amides is 1. The van der Waals surface area contributed by atoms with Crippen LogP contribution in [0.2, 0.25) is 0 Å². The lowest BCUT2D eigenvalue weighted by Gasteiger charge is -2.24. The number of nitrogen functional groups attached to an aromatic ring is 1. The predicted molar refractivity (Wildman–Crippen MR) is 78.9 cm³/mol. The van der Waals surface area contributed by atoms with Crippen LogP contribution in [0.25, 0.3) is 0 Å². The van der Waals surface area contributed by atoms with E-state index >= 15 is 0 Å². The number of halogens is 2.